The van der Waals surface area contributed by atoms with Gasteiger partial charge in [0.2, 0.25) is 11.8 Å². The molecule has 37 heavy (non-hydrogen) atoms. The molecule has 8 heteroatoms. The average Bonchev–Trinajstić information content (AvgIpc) is 2.81. The van der Waals surface area contributed by atoms with E-state index in [0.717, 1.165) is 42.4 Å². The number of nitrogens with zero attached hydrogens (tertiary/aromatic N) is 1. The van der Waals surface area contributed by atoms with Gasteiger partial charge in [0.15, 0.2) is 0 Å². The summed E-state index contributed by atoms with van der Waals surface area (Å²) in [6.45, 7) is 15.2. The van der Waals surface area contributed by atoms with Crippen LogP contribution >= 0.6 is 12.6 Å². The molecule has 7 nitrogen and oxygen atoms in total. The van der Waals surface area contributed by atoms with Crippen molar-refractivity contribution in [2.45, 2.75) is 123 Å². The van der Waals surface area contributed by atoms with Crippen molar-refractivity contribution in [3.8, 4) is 0 Å². The van der Waals surface area contributed by atoms with Gasteiger partial charge in [0.1, 0.15) is 17.7 Å². The number of rotatable bonds is 9. The molecule has 0 radical (unpaired) electrons. The lowest BCUT2D eigenvalue weighted by Crippen LogP contribution is -2.60. The van der Waals surface area contributed by atoms with Gasteiger partial charge in [-0.15, -0.1) is 0 Å². The van der Waals surface area contributed by atoms with Crippen molar-refractivity contribution >= 4 is 30.5 Å². The number of hydrogen-bond donors (Lipinski definition) is 3. The summed E-state index contributed by atoms with van der Waals surface area (Å²) in [5.41, 5.74) is 1.52. The summed E-state index contributed by atoms with van der Waals surface area (Å²) in [4.78, 5) is 42.4. The number of aryl methyl sites for hydroxylation is 2. The van der Waals surface area contributed by atoms with Gasteiger partial charge in [-0.1, -0.05) is 44.4 Å². The number of amides is 3. The number of alkyl carbamates (subject to hydrolysis) is 1. The van der Waals surface area contributed by atoms with E-state index < -0.39 is 29.3 Å². The van der Waals surface area contributed by atoms with Gasteiger partial charge < -0.3 is 20.3 Å². The third-order valence-corrected chi connectivity index (χ3v) is 7.60. The Balaban J connectivity index is 2.53. The van der Waals surface area contributed by atoms with Crippen LogP contribution in [0.1, 0.15) is 103 Å². The number of carbonyl (C=O) groups excluding carboxylic acids is 3. The van der Waals surface area contributed by atoms with Crippen LogP contribution in [0, 0.1) is 13.8 Å². The Morgan fingerprint density at radius 1 is 1.05 bits per heavy atom. The summed E-state index contributed by atoms with van der Waals surface area (Å²) < 4.78 is 5.40. The minimum Gasteiger partial charge on any atom is -0.444 e. The van der Waals surface area contributed by atoms with Gasteiger partial charge in [-0.25, -0.2) is 4.79 Å². The van der Waals surface area contributed by atoms with Gasteiger partial charge in [-0.05, 0) is 84.4 Å². The maximum atomic E-state index is 14.2. The van der Waals surface area contributed by atoms with E-state index in [-0.39, 0.29) is 23.6 Å². The van der Waals surface area contributed by atoms with Crippen molar-refractivity contribution in [3.05, 3.63) is 34.9 Å². The smallest absolute Gasteiger partial charge is 0.408 e. The van der Waals surface area contributed by atoms with Crippen LogP contribution in [0.4, 0.5) is 4.79 Å². The lowest BCUT2D eigenvalue weighted by atomic mass is 9.90. The topological polar surface area (TPSA) is 87.7 Å². The molecule has 1 aromatic carbocycles. The second-order valence-electron chi connectivity index (χ2n) is 11.8. The number of ether oxygens (including phenoxy) is 1. The van der Waals surface area contributed by atoms with Crippen LogP contribution in [0.2, 0.25) is 0 Å². The van der Waals surface area contributed by atoms with Gasteiger partial charge in [-0.2, -0.15) is 12.6 Å². The van der Waals surface area contributed by atoms with Crippen molar-refractivity contribution in [2.24, 2.45) is 0 Å². The van der Waals surface area contributed by atoms with Crippen molar-refractivity contribution in [1.29, 1.82) is 0 Å². The Morgan fingerprint density at radius 3 is 2.19 bits per heavy atom. The highest BCUT2D eigenvalue weighted by molar-refractivity contribution is 7.80. The second kappa shape index (κ2) is 13.0. The van der Waals surface area contributed by atoms with Crippen LogP contribution in [-0.2, 0) is 14.3 Å². The van der Waals surface area contributed by atoms with Crippen LogP contribution in [0.3, 0.4) is 0 Å². The fourth-order valence-electron chi connectivity index (χ4n) is 4.63. The first-order chi connectivity index (χ1) is 17.2. The van der Waals surface area contributed by atoms with E-state index in [0.29, 0.717) is 6.42 Å². The molecule has 0 aromatic heterocycles. The molecule has 3 amide bonds. The van der Waals surface area contributed by atoms with E-state index in [1.807, 2.05) is 52.8 Å². The zero-order valence-electron chi connectivity index (χ0n) is 23.9. The van der Waals surface area contributed by atoms with E-state index in [2.05, 4.69) is 23.3 Å². The maximum absolute atomic E-state index is 14.2. The zero-order valence-corrected chi connectivity index (χ0v) is 24.8. The summed E-state index contributed by atoms with van der Waals surface area (Å²) in [6, 6.07) is 4.19. The Hall–Kier alpha value is -2.22. The molecule has 2 atom stereocenters. The zero-order chi connectivity index (χ0) is 28.0. The molecule has 0 aliphatic heterocycles. The minimum atomic E-state index is -0.958. The van der Waals surface area contributed by atoms with E-state index in [1.165, 1.54) is 6.42 Å². The predicted molar refractivity (Wildman–Crippen MR) is 152 cm³/mol. The standard InChI is InChI=1S/C29H47N3O4S/c1-9-29(7,8)32(26(34)23(18-37)31-27(35)36-28(4,5)6)24(21-16-15-19(2)20(3)17-21)25(33)30-22-13-11-10-12-14-22/h15-17,22-24,37H,9-14,18H2,1-8H3,(H,30,33)(H,31,35). The number of carbonyl (C=O) groups is 3. The van der Waals surface area contributed by atoms with Crippen LogP contribution in [0.5, 0.6) is 0 Å². The van der Waals surface area contributed by atoms with Gasteiger partial charge in [0, 0.05) is 17.3 Å². The summed E-state index contributed by atoms with van der Waals surface area (Å²) in [5, 5.41) is 5.93. The lowest BCUT2D eigenvalue weighted by Gasteiger charge is -2.45. The third kappa shape index (κ3) is 8.66. The fraction of sp³-hybridized carbons (Fsp3) is 0.690. The Morgan fingerprint density at radius 2 is 1.68 bits per heavy atom. The van der Waals surface area contributed by atoms with Gasteiger partial charge in [0.05, 0.1) is 0 Å². The fourth-order valence-corrected chi connectivity index (χ4v) is 4.88. The second-order valence-corrected chi connectivity index (χ2v) is 12.2. The lowest BCUT2D eigenvalue weighted by molar-refractivity contribution is -0.149. The first kappa shape index (κ1) is 31.0. The number of hydrogen-bond acceptors (Lipinski definition) is 5. The highest BCUT2D eigenvalue weighted by Crippen LogP contribution is 2.33. The molecule has 2 N–H and O–H groups in total. The largest absolute Gasteiger partial charge is 0.444 e. The predicted octanol–water partition coefficient (Wildman–Crippen LogP) is 5.63. The van der Waals surface area contributed by atoms with Crippen LogP contribution in [-0.4, -0.2) is 51.8 Å². The Labute approximate surface area is 228 Å². The minimum absolute atomic E-state index is 0.0677. The molecule has 1 aliphatic carbocycles. The molecule has 0 spiro atoms. The van der Waals surface area contributed by atoms with Crippen molar-refractivity contribution in [2.75, 3.05) is 5.75 Å². The van der Waals surface area contributed by atoms with E-state index >= 15 is 0 Å². The molecule has 0 saturated heterocycles. The molecule has 1 saturated carbocycles. The summed E-state index contributed by atoms with van der Waals surface area (Å²) in [7, 11) is 0. The molecular weight excluding hydrogens is 486 g/mol. The van der Waals surface area contributed by atoms with Gasteiger partial charge in [0.25, 0.3) is 0 Å². The molecule has 2 rings (SSSR count). The molecule has 1 fully saturated rings. The van der Waals surface area contributed by atoms with Crippen LogP contribution < -0.4 is 10.6 Å². The Kier molecular flexibility index (Phi) is 10.9. The van der Waals surface area contributed by atoms with Crippen molar-refractivity contribution < 1.29 is 19.1 Å². The molecule has 0 bridgehead atoms. The molecular formula is C29H47N3O4S. The van der Waals surface area contributed by atoms with Gasteiger partial charge >= 0.3 is 6.09 Å². The Bertz CT molecular complexity index is 951. The SMILES string of the molecule is CCC(C)(C)N(C(=O)C(CS)NC(=O)OC(C)(C)C)C(C(=O)NC1CCCCC1)c1ccc(C)c(C)c1. The highest BCUT2D eigenvalue weighted by Gasteiger charge is 2.43. The van der Waals surface area contributed by atoms with E-state index in [9.17, 15) is 14.4 Å². The number of nitrogens with one attached hydrogen (secondary N) is 2. The van der Waals surface area contributed by atoms with E-state index in [1.54, 1.807) is 25.7 Å². The first-order valence-electron chi connectivity index (χ1n) is 13.5. The third-order valence-electron chi connectivity index (χ3n) is 7.23. The molecule has 1 aliphatic rings. The number of benzene rings is 1. The maximum Gasteiger partial charge on any atom is 0.408 e. The molecule has 208 valence electrons. The summed E-state index contributed by atoms with van der Waals surface area (Å²) in [6.07, 6.45) is 5.16. The first-order valence-corrected chi connectivity index (χ1v) is 14.1. The van der Waals surface area contributed by atoms with Crippen LogP contribution in [0.25, 0.3) is 0 Å². The number of thiol groups is 1. The van der Waals surface area contributed by atoms with Crippen molar-refractivity contribution in [3.63, 3.8) is 0 Å². The molecule has 2 unspecified atom stereocenters. The summed E-state index contributed by atoms with van der Waals surface area (Å²) in [5.74, 6) is -0.493. The average molecular weight is 534 g/mol. The van der Waals surface area contributed by atoms with Crippen molar-refractivity contribution in [1.82, 2.24) is 15.5 Å². The molecule has 0 heterocycles. The summed E-state index contributed by atoms with van der Waals surface area (Å²) >= 11 is 4.39. The highest BCUT2D eigenvalue weighted by atomic mass is 32.1. The quantitative estimate of drug-likeness (QED) is 0.359. The monoisotopic (exact) mass is 533 g/mol. The van der Waals surface area contributed by atoms with Gasteiger partial charge in [-0.3, -0.25) is 9.59 Å². The van der Waals surface area contributed by atoms with E-state index in [4.69, 9.17) is 4.74 Å². The normalized spacial score (nSPS) is 16.5. The molecule has 1 aromatic rings. The van der Waals surface area contributed by atoms with Crippen LogP contribution in [0.15, 0.2) is 18.2 Å².